The Hall–Kier alpha value is -1.98. The van der Waals surface area contributed by atoms with Crippen LogP contribution >= 0.6 is 11.6 Å². The van der Waals surface area contributed by atoms with Crippen LogP contribution in [0.4, 0.5) is 4.39 Å². The van der Waals surface area contributed by atoms with Gasteiger partial charge in [-0.15, -0.1) is 0 Å². The van der Waals surface area contributed by atoms with Gasteiger partial charge in [0.25, 0.3) is 5.91 Å². The van der Waals surface area contributed by atoms with Crippen LogP contribution in [0.3, 0.4) is 0 Å². The maximum Gasteiger partial charge on any atom is 0.255 e. The topological polar surface area (TPSA) is 36.4 Å². The highest BCUT2D eigenvalue weighted by atomic mass is 35.5. The Morgan fingerprint density at radius 2 is 2.00 bits per heavy atom. The van der Waals surface area contributed by atoms with E-state index in [0.717, 1.165) is 37.3 Å². The SMILES string of the molecule is CC(C)CC1CN(Cc2ccc(Cl)cc2)CCN1C(=O)c1cncc(F)c1. The minimum absolute atomic E-state index is 0.0989. The van der Waals surface area contributed by atoms with Crippen molar-refractivity contribution < 1.29 is 9.18 Å². The quantitative estimate of drug-likeness (QED) is 0.767. The van der Waals surface area contributed by atoms with Gasteiger partial charge in [0.2, 0.25) is 0 Å². The predicted octanol–water partition coefficient (Wildman–Crippen LogP) is 4.25. The Bertz CT molecular complexity index is 781. The molecule has 144 valence electrons. The molecule has 1 aromatic carbocycles. The summed E-state index contributed by atoms with van der Waals surface area (Å²) in [7, 11) is 0. The van der Waals surface area contributed by atoms with Gasteiger partial charge in [-0.25, -0.2) is 4.39 Å². The fourth-order valence-corrected chi connectivity index (χ4v) is 3.75. The van der Waals surface area contributed by atoms with Gasteiger partial charge in [0.15, 0.2) is 0 Å². The van der Waals surface area contributed by atoms with E-state index in [2.05, 4.69) is 23.7 Å². The van der Waals surface area contributed by atoms with Crippen LogP contribution in [0.2, 0.25) is 5.02 Å². The smallest absolute Gasteiger partial charge is 0.255 e. The van der Waals surface area contributed by atoms with Crippen LogP contribution in [0.1, 0.15) is 36.2 Å². The highest BCUT2D eigenvalue weighted by molar-refractivity contribution is 6.30. The van der Waals surface area contributed by atoms with E-state index in [1.165, 1.54) is 17.8 Å². The first-order valence-electron chi connectivity index (χ1n) is 9.30. The van der Waals surface area contributed by atoms with E-state index in [1.54, 1.807) is 0 Å². The molecule has 1 aliphatic rings. The van der Waals surface area contributed by atoms with Crippen LogP contribution in [0, 0.1) is 11.7 Å². The number of pyridine rings is 1. The second-order valence-electron chi connectivity index (χ2n) is 7.54. The molecule has 1 fully saturated rings. The number of nitrogens with zero attached hydrogens (tertiary/aromatic N) is 3. The molecule has 2 aromatic rings. The Morgan fingerprint density at radius 3 is 2.67 bits per heavy atom. The average Bonchev–Trinajstić information content (AvgIpc) is 2.63. The van der Waals surface area contributed by atoms with Crippen molar-refractivity contribution in [2.75, 3.05) is 19.6 Å². The maximum atomic E-state index is 13.5. The molecule has 4 nitrogen and oxygen atoms in total. The summed E-state index contributed by atoms with van der Waals surface area (Å²) in [5, 5.41) is 0.732. The van der Waals surface area contributed by atoms with Crippen molar-refractivity contribution in [2.24, 2.45) is 5.92 Å². The van der Waals surface area contributed by atoms with Crippen molar-refractivity contribution in [3.05, 3.63) is 64.7 Å². The monoisotopic (exact) mass is 389 g/mol. The molecule has 1 aromatic heterocycles. The van der Waals surface area contributed by atoms with Gasteiger partial charge in [-0.2, -0.15) is 0 Å². The highest BCUT2D eigenvalue weighted by Gasteiger charge is 2.31. The van der Waals surface area contributed by atoms with E-state index in [4.69, 9.17) is 11.6 Å². The van der Waals surface area contributed by atoms with Crippen molar-refractivity contribution in [1.82, 2.24) is 14.8 Å². The standard InChI is InChI=1S/C21H25ClFN3O/c1-15(2)9-20-14-25(13-16-3-5-18(22)6-4-16)7-8-26(20)21(27)17-10-19(23)12-24-11-17/h3-6,10-12,15,20H,7-9,13-14H2,1-2H3. The molecular weight excluding hydrogens is 365 g/mol. The molecular formula is C21H25ClFN3O. The number of benzene rings is 1. The van der Waals surface area contributed by atoms with E-state index in [0.29, 0.717) is 18.0 Å². The third kappa shape index (κ3) is 5.27. The molecule has 2 heterocycles. The number of carbonyl (C=O) groups is 1. The summed E-state index contributed by atoms with van der Waals surface area (Å²) in [6.45, 7) is 7.35. The van der Waals surface area contributed by atoms with Gasteiger partial charge in [-0.3, -0.25) is 14.7 Å². The van der Waals surface area contributed by atoms with Crippen LogP contribution in [0.5, 0.6) is 0 Å². The lowest BCUT2D eigenvalue weighted by molar-refractivity contribution is 0.0391. The fourth-order valence-electron chi connectivity index (χ4n) is 3.62. The van der Waals surface area contributed by atoms with Crippen molar-refractivity contribution in [2.45, 2.75) is 32.9 Å². The zero-order valence-electron chi connectivity index (χ0n) is 15.7. The van der Waals surface area contributed by atoms with Gasteiger partial charge < -0.3 is 4.90 Å². The number of rotatable bonds is 5. The lowest BCUT2D eigenvalue weighted by atomic mass is 9.98. The summed E-state index contributed by atoms with van der Waals surface area (Å²) >= 11 is 5.97. The molecule has 1 saturated heterocycles. The molecule has 1 amide bonds. The Morgan fingerprint density at radius 1 is 1.26 bits per heavy atom. The summed E-state index contributed by atoms with van der Waals surface area (Å²) in [5.74, 6) is -0.159. The number of halogens is 2. The Kier molecular flexibility index (Phi) is 6.45. The summed E-state index contributed by atoms with van der Waals surface area (Å²) in [5.41, 5.74) is 1.52. The third-order valence-electron chi connectivity index (χ3n) is 4.84. The van der Waals surface area contributed by atoms with E-state index in [9.17, 15) is 9.18 Å². The zero-order chi connectivity index (χ0) is 19.4. The minimum Gasteiger partial charge on any atom is -0.333 e. The summed E-state index contributed by atoms with van der Waals surface area (Å²) in [6.07, 6.45) is 3.47. The number of hydrogen-bond acceptors (Lipinski definition) is 3. The molecule has 0 aliphatic carbocycles. The first-order chi connectivity index (χ1) is 12.9. The van der Waals surface area contributed by atoms with E-state index in [1.807, 2.05) is 29.2 Å². The summed E-state index contributed by atoms with van der Waals surface area (Å²) < 4.78 is 13.5. The lowest BCUT2D eigenvalue weighted by Crippen LogP contribution is -2.55. The molecule has 0 saturated carbocycles. The normalized spacial score (nSPS) is 18.1. The van der Waals surface area contributed by atoms with Gasteiger partial charge in [0.05, 0.1) is 11.8 Å². The number of carbonyl (C=O) groups excluding carboxylic acids is 1. The lowest BCUT2D eigenvalue weighted by Gasteiger charge is -2.42. The largest absolute Gasteiger partial charge is 0.333 e. The molecule has 1 atom stereocenters. The number of piperazine rings is 1. The minimum atomic E-state index is -0.484. The van der Waals surface area contributed by atoms with E-state index in [-0.39, 0.29) is 11.9 Å². The Balaban J connectivity index is 1.72. The highest BCUT2D eigenvalue weighted by Crippen LogP contribution is 2.22. The van der Waals surface area contributed by atoms with Gasteiger partial charge >= 0.3 is 0 Å². The second kappa shape index (κ2) is 8.81. The first-order valence-corrected chi connectivity index (χ1v) is 9.68. The maximum absolute atomic E-state index is 13.5. The number of hydrogen-bond donors (Lipinski definition) is 0. The van der Waals surface area contributed by atoms with Crippen molar-refractivity contribution in [3.8, 4) is 0 Å². The molecule has 27 heavy (non-hydrogen) atoms. The van der Waals surface area contributed by atoms with Crippen LogP contribution in [0.25, 0.3) is 0 Å². The van der Waals surface area contributed by atoms with Crippen LogP contribution in [0.15, 0.2) is 42.7 Å². The van der Waals surface area contributed by atoms with Gasteiger partial charge in [-0.1, -0.05) is 37.6 Å². The zero-order valence-corrected chi connectivity index (χ0v) is 16.5. The fraction of sp³-hybridized carbons (Fsp3) is 0.429. The second-order valence-corrected chi connectivity index (χ2v) is 7.97. The predicted molar refractivity (Wildman–Crippen MR) is 105 cm³/mol. The number of amides is 1. The summed E-state index contributed by atoms with van der Waals surface area (Å²) in [6, 6.07) is 9.24. The molecule has 0 spiro atoms. The molecule has 0 bridgehead atoms. The number of aromatic nitrogens is 1. The first kappa shape index (κ1) is 19.8. The Labute approximate surface area is 165 Å². The van der Waals surface area contributed by atoms with Crippen molar-refractivity contribution in [3.63, 3.8) is 0 Å². The van der Waals surface area contributed by atoms with Crippen molar-refractivity contribution >= 4 is 17.5 Å². The van der Waals surface area contributed by atoms with Gasteiger partial charge in [0.1, 0.15) is 5.82 Å². The third-order valence-corrected chi connectivity index (χ3v) is 5.09. The summed E-state index contributed by atoms with van der Waals surface area (Å²) in [4.78, 5) is 21.0. The van der Waals surface area contributed by atoms with Crippen LogP contribution in [-0.2, 0) is 6.54 Å². The van der Waals surface area contributed by atoms with Gasteiger partial charge in [0, 0.05) is 43.4 Å². The average molecular weight is 390 g/mol. The van der Waals surface area contributed by atoms with Gasteiger partial charge in [-0.05, 0) is 36.1 Å². The molecule has 6 heteroatoms. The van der Waals surface area contributed by atoms with E-state index < -0.39 is 5.82 Å². The molecule has 0 N–H and O–H groups in total. The molecule has 1 aliphatic heterocycles. The molecule has 3 rings (SSSR count). The van der Waals surface area contributed by atoms with Crippen molar-refractivity contribution in [1.29, 1.82) is 0 Å². The van der Waals surface area contributed by atoms with Crippen LogP contribution in [-0.4, -0.2) is 46.4 Å². The van der Waals surface area contributed by atoms with Crippen LogP contribution < -0.4 is 0 Å². The molecule has 1 unspecified atom stereocenters. The van der Waals surface area contributed by atoms with E-state index >= 15 is 0 Å². The molecule has 0 radical (unpaired) electrons.